The molecule has 0 bridgehead atoms. The molecule has 2 aliphatic heterocycles. The molecule has 1 saturated carbocycles. The van der Waals surface area contributed by atoms with Crippen molar-refractivity contribution in [2.75, 3.05) is 31.1 Å². The minimum Gasteiger partial charge on any atom is -0.353 e. The molecule has 7 nitrogen and oxygen atoms in total. The third-order valence-electron chi connectivity index (χ3n) is 5.82. The number of hydrogen-bond acceptors (Lipinski definition) is 6. The van der Waals surface area contributed by atoms with Gasteiger partial charge < -0.3 is 10.2 Å². The molecule has 142 valence electrons. The summed E-state index contributed by atoms with van der Waals surface area (Å²) in [5, 5.41) is 7.42. The number of piperazine rings is 1. The van der Waals surface area contributed by atoms with Crippen LogP contribution in [0.1, 0.15) is 19.3 Å². The maximum atomic E-state index is 13.7. The van der Waals surface area contributed by atoms with Crippen LogP contribution >= 0.6 is 0 Å². The molecule has 2 N–H and O–H groups in total. The molecule has 8 heteroatoms. The fourth-order valence-corrected chi connectivity index (χ4v) is 4.17. The van der Waals surface area contributed by atoms with Crippen LogP contribution in [-0.4, -0.2) is 59.3 Å². The first-order chi connectivity index (χ1) is 13.2. The van der Waals surface area contributed by atoms with Crippen LogP contribution in [-0.2, 0) is 4.79 Å². The van der Waals surface area contributed by atoms with Gasteiger partial charge in [-0.2, -0.15) is 0 Å². The summed E-state index contributed by atoms with van der Waals surface area (Å²) in [6, 6.07) is 4.91. The monoisotopic (exact) mass is 370 g/mol. The van der Waals surface area contributed by atoms with Crippen LogP contribution in [0.15, 0.2) is 24.5 Å². The smallest absolute Gasteiger partial charge is 0.223 e. The molecule has 0 radical (unpaired) electrons. The number of carbonyl (C=O) groups excluding carboxylic acids is 1. The lowest BCUT2D eigenvalue weighted by atomic mass is 10.1. The first kappa shape index (κ1) is 16.8. The van der Waals surface area contributed by atoms with Crippen molar-refractivity contribution >= 4 is 22.6 Å². The van der Waals surface area contributed by atoms with Gasteiger partial charge in [-0.05, 0) is 37.0 Å². The summed E-state index contributed by atoms with van der Waals surface area (Å²) >= 11 is 0. The number of anilines is 1. The average Bonchev–Trinajstić information content (AvgIpc) is 3.52. The van der Waals surface area contributed by atoms with Crippen LogP contribution < -0.4 is 15.5 Å². The Bertz CT molecular complexity index is 864. The van der Waals surface area contributed by atoms with Crippen LogP contribution in [0.4, 0.5) is 10.2 Å². The third kappa shape index (κ3) is 3.35. The molecule has 2 atom stereocenters. The maximum absolute atomic E-state index is 13.7. The van der Waals surface area contributed by atoms with Gasteiger partial charge in [-0.3, -0.25) is 15.0 Å². The second kappa shape index (κ2) is 6.69. The number of halogens is 1. The van der Waals surface area contributed by atoms with Gasteiger partial charge in [0, 0.05) is 44.0 Å². The molecular formula is C19H23FN6O. The normalized spacial score (nSPS) is 27.0. The van der Waals surface area contributed by atoms with Gasteiger partial charge in [0.05, 0.1) is 5.52 Å². The first-order valence-corrected chi connectivity index (χ1v) is 9.62. The van der Waals surface area contributed by atoms with Crippen molar-refractivity contribution in [2.24, 2.45) is 5.92 Å². The highest BCUT2D eigenvalue weighted by molar-refractivity contribution is 5.89. The quantitative estimate of drug-likeness (QED) is 0.842. The standard InChI is InChI=1S/C19H23FN6O/c20-13-3-4-15-14(9-13)18(22-11-21-15)25-5-7-26(8-6-25)19-23-16(12-1-2-12)10-17(27)24-19/h3-4,9,11-12,16,19,23H,1-2,5-8,10H2,(H,24,27). The SMILES string of the molecule is O=C1CC(C2CC2)NC(N2CCN(c3ncnc4ccc(F)cc34)CC2)N1. The maximum Gasteiger partial charge on any atom is 0.223 e. The molecule has 1 aromatic heterocycles. The van der Waals surface area contributed by atoms with E-state index < -0.39 is 0 Å². The summed E-state index contributed by atoms with van der Waals surface area (Å²) < 4.78 is 13.7. The van der Waals surface area contributed by atoms with Crippen LogP contribution in [0.2, 0.25) is 0 Å². The summed E-state index contributed by atoms with van der Waals surface area (Å²) in [5.41, 5.74) is 0.748. The number of carbonyl (C=O) groups is 1. The molecule has 5 rings (SSSR count). The summed E-state index contributed by atoms with van der Waals surface area (Å²) in [4.78, 5) is 25.2. The number of amides is 1. The Morgan fingerprint density at radius 1 is 1.11 bits per heavy atom. The lowest BCUT2D eigenvalue weighted by molar-refractivity contribution is -0.127. The highest BCUT2D eigenvalue weighted by atomic mass is 19.1. The van der Waals surface area contributed by atoms with E-state index >= 15 is 0 Å². The van der Waals surface area contributed by atoms with E-state index in [-0.39, 0.29) is 18.0 Å². The van der Waals surface area contributed by atoms with Gasteiger partial charge in [-0.1, -0.05) is 0 Å². The van der Waals surface area contributed by atoms with E-state index in [0.29, 0.717) is 18.4 Å². The van der Waals surface area contributed by atoms with Crippen molar-refractivity contribution < 1.29 is 9.18 Å². The fraction of sp³-hybridized carbons (Fsp3) is 0.526. The van der Waals surface area contributed by atoms with Gasteiger partial charge in [-0.25, -0.2) is 14.4 Å². The molecule has 3 heterocycles. The highest BCUT2D eigenvalue weighted by Gasteiger charge is 2.39. The zero-order valence-electron chi connectivity index (χ0n) is 15.1. The van der Waals surface area contributed by atoms with E-state index in [1.54, 1.807) is 6.07 Å². The summed E-state index contributed by atoms with van der Waals surface area (Å²) in [6.07, 6.45) is 4.47. The van der Waals surface area contributed by atoms with E-state index in [9.17, 15) is 9.18 Å². The molecule has 1 amide bonds. The van der Waals surface area contributed by atoms with Crippen LogP contribution in [0.25, 0.3) is 10.9 Å². The van der Waals surface area contributed by atoms with Crippen molar-refractivity contribution in [2.45, 2.75) is 31.6 Å². The van der Waals surface area contributed by atoms with Crippen molar-refractivity contribution in [1.29, 1.82) is 0 Å². The zero-order chi connectivity index (χ0) is 18.4. The Hall–Kier alpha value is -2.32. The molecule has 2 aromatic rings. The summed E-state index contributed by atoms with van der Waals surface area (Å²) in [6.45, 7) is 3.14. The van der Waals surface area contributed by atoms with Crippen molar-refractivity contribution in [3.05, 3.63) is 30.3 Å². The lowest BCUT2D eigenvalue weighted by Gasteiger charge is -2.43. The molecule has 3 aliphatic rings. The Labute approximate surface area is 156 Å². The van der Waals surface area contributed by atoms with Gasteiger partial charge in [-0.15, -0.1) is 0 Å². The Morgan fingerprint density at radius 2 is 1.93 bits per heavy atom. The van der Waals surface area contributed by atoms with E-state index in [0.717, 1.165) is 42.9 Å². The van der Waals surface area contributed by atoms with Gasteiger partial charge in [0.15, 0.2) is 0 Å². The predicted octanol–water partition coefficient (Wildman–Crippen LogP) is 1.06. The van der Waals surface area contributed by atoms with Crippen molar-refractivity contribution in [3.8, 4) is 0 Å². The van der Waals surface area contributed by atoms with Gasteiger partial charge in [0.2, 0.25) is 5.91 Å². The Balaban J connectivity index is 1.29. The summed E-state index contributed by atoms with van der Waals surface area (Å²) in [5.74, 6) is 1.28. The topological polar surface area (TPSA) is 73.4 Å². The van der Waals surface area contributed by atoms with E-state index in [1.165, 1.54) is 31.3 Å². The fourth-order valence-electron chi connectivity index (χ4n) is 4.17. The van der Waals surface area contributed by atoms with Crippen LogP contribution in [0.3, 0.4) is 0 Å². The third-order valence-corrected chi connectivity index (χ3v) is 5.82. The van der Waals surface area contributed by atoms with Crippen molar-refractivity contribution in [3.63, 3.8) is 0 Å². The lowest BCUT2D eigenvalue weighted by Crippen LogP contribution is -2.67. The molecule has 1 aliphatic carbocycles. The number of fused-ring (bicyclic) bond motifs is 1. The average molecular weight is 370 g/mol. The number of hydrogen-bond donors (Lipinski definition) is 2. The second-order valence-corrected chi connectivity index (χ2v) is 7.67. The minimum absolute atomic E-state index is 0.0985. The molecule has 0 spiro atoms. The number of nitrogens with zero attached hydrogens (tertiary/aromatic N) is 4. The largest absolute Gasteiger partial charge is 0.353 e. The van der Waals surface area contributed by atoms with Crippen LogP contribution in [0.5, 0.6) is 0 Å². The molecule has 1 aromatic carbocycles. The zero-order valence-corrected chi connectivity index (χ0v) is 15.1. The molecule has 2 unspecified atom stereocenters. The number of benzene rings is 1. The van der Waals surface area contributed by atoms with Crippen LogP contribution in [0, 0.1) is 11.7 Å². The van der Waals surface area contributed by atoms with E-state index in [4.69, 9.17) is 0 Å². The molecule has 3 fully saturated rings. The second-order valence-electron chi connectivity index (χ2n) is 7.67. The van der Waals surface area contributed by atoms with Gasteiger partial charge in [0.25, 0.3) is 0 Å². The number of aromatic nitrogens is 2. The Kier molecular flexibility index (Phi) is 4.17. The van der Waals surface area contributed by atoms with E-state index in [2.05, 4.69) is 30.4 Å². The molecular weight excluding hydrogens is 347 g/mol. The molecule has 27 heavy (non-hydrogen) atoms. The first-order valence-electron chi connectivity index (χ1n) is 9.62. The minimum atomic E-state index is -0.280. The summed E-state index contributed by atoms with van der Waals surface area (Å²) in [7, 11) is 0. The Morgan fingerprint density at radius 3 is 2.70 bits per heavy atom. The van der Waals surface area contributed by atoms with Crippen molar-refractivity contribution in [1.82, 2.24) is 25.5 Å². The predicted molar refractivity (Wildman–Crippen MR) is 99.5 cm³/mol. The van der Waals surface area contributed by atoms with Gasteiger partial charge in [0.1, 0.15) is 24.3 Å². The number of nitrogens with one attached hydrogen (secondary N) is 2. The highest BCUT2D eigenvalue weighted by Crippen LogP contribution is 2.35. The number of rotatable bonds is 3. The molecule has 2 saturated heterocycles. The van der Waals surface area contributed by atoms with E-state index in [1.807, 2.05) is 0 Å². The van der Waals surface area contributed by atoms with Gasteiger partial charge >= 0.3 is 0 Å².